The first-order valence-electron chi connectivity index (χ1n) is 11.0. The Labute approximate surface area is 191 Å². The summed E-state index contributed by atoms with van der Waals surface area (Å²) in [5, 5.41) is 9.65. The Morgan fingerprint density at radius 2 is 1.76 bits per heavy atom. The second-order valence-electron chi connectivity index (χ2n) is 8.10. The molecule has 0 unspecified atom stereocenters. The van der Waals surface area contributed by atoms with E-state index in [2.05, 4.69) is 41.1 Å². The molecule has 0 N–H and O–H groups in total. The number of aromatic nitrogens is 6. The molecule has 0 spiro atoms. The predicted molar refractivity (Wildman–Crippen MR) is 127 cm³/mol. The zero-order valence-corrected chi connectivity index (χ0v) is 18.3. The summed E-state index contributed by atoms with van der Waals surface area (Å²) in [6.07, 6.45) is 3.73. The van der Waals surface area contributed by atoms with Crippen LogP contribution in [0.15, 0.2) is 73.1 Å². The Morgan fingerprint density at radius 3 is 2.58 bits per heavy atom. The van der Waals surface area contributed by atoms with E-state index in [0.717, 1.165) is 53.0 Å². The second kappa shape index (κ2) is 8.14. The Kier molecular flexibility index (Phi) is 4.84. The number of aryl methyl sites for hydroxylation is 1. The summed E-state index contributed by atoms with van der Waals surface area (Å²) in [5.41, 5.74) is 5.56. The molecule has 1 saturated heterocycles. The quantitative estimate of drug-likeness (QED) is 0.426. The van der Waals surface area contributed by atoms with Crippen molar-refractivity contribution >= 4 is 11.5 Å². The van der Waals surface area contributed by atoms with Gasteiger partial charge >= 0.3 is 0 Å². The third-order valence-electron chi connectivity index (χ3n) is 5.79. The van der Waals surface area contributed by atoms with E-state index in [1.54, 1.807) is 6.20 Å². The van der Waals surface area contributed by atoms with E-state index >= 15 is 0 Å². The first-order valence-corrected chi connectivity index (χ1v) is 11.0. The highest BCUT2D eigenvalue weighted by Gasteiger charge is 2.19. The molecule has 1 aliphatic heterocycles. The van der Waals surface area contributed by atoms with Gasteiger partial charge in [0.1, 0.15) is 11.5 Å². The van der Waals surface area contributed by atoms with Crippen LogP contribution >= 0.6 is 0 Å². The lowest BCUT2D eigenvalue weighted by molar-refractivity contribution is 0.122. The molecule has 5 heterocycles. The van der Waals surface area contributed by atoms with E-state index in [-0.39, 0.29) is 0 Å². The molecule has 4 aromatic heterocycles. The minimum Gasteiger partial charge on any atom is -0.378 e. The number of nitrogens with zero attached hydrogens (tertiary/aromatic N) is 7. The molecule has 0 bridgehead atoms. The van der Waals surface area contributed by atoms with Gasteiger partial charge in [-0.1, -0.05) is 29.8 Å². The van der Waals surface area contributed by atoms with Crippen molar-refractivity contribution in [1.82, 2.24) is 29.4 Å². The molecule has 0 saturated carbocycles. The summed E-state index contributed by atoms with van der Waals surface area (Å²) in [4.78, 5) is 11.6. The maximum atomic E-state index is 5.57. The van der Waals surface area contributed by atoms with Crippen molar-refractivity contribution < 1.29 is 4.74 Å². The van der Waals surface area contributed by atoms with Crippen LogP contribution in [0, 0.1) is 6.92 Å². The molecular formula is C25H23N7O. The molecule has 5 aromatic rings. The van der Waals surface area contributed by atoms with Crippen LogP contribution in [0.2, 0.25) is 0 Å². The average Bonchev–Trinajstić information content (AvgIpc) is 3.52. The van der Waals surface area contributed by atoms with E-state index in [1.165, 1.54) is 5.56 Å². The van der Waals surface area contributed by atoms with Crippen molar-refractivity contribution in [3.63, 3.8) is 0 Å². The van der Waals surface area contributed by atoms with E-state index in [9.17, 15) is 0 Å². The molecule has 0 aliphatic carbocycles. The number of benzene rings is 1. The van der Waals surface area contributed by atoms with Gasteiger partial charge < -0.3 is 9.64 Å². The van der Waals surface area contributed by atoms with Gasteiger partial charge in [0.15, 0.2) is 11.5 Å². The number of morpholine rings is 1. The topological polar surface area (TPSA) is 73.4 Å². The number of fused-ring (bicyclic) bond motifs is 1. The highest BCUT2D eigenvalue weighted by atomic mass is 16.5. The fraction of sp³-hybridized carbons (Fsp3) is 0.200. The maximum Gasteiger partial charge on any atom is 0.160 e. The van der Waals surface area contributed by atoms with Gasteiger partial charge in [-0.15, -0.1) is 0 Å². The first kappa shape index (κ1) is 19.6. The van der Waals surface area contributed by atoms with Gasteiger partial charge in [0.05, 0.1) is 24.6 Å². The largest absolute Gasteiger partial charge is 0.378 e. The summed E-state index contributed by atoms with van der Waals surface area (Å²) in [5.74, 6) is 1.71. The molecule has 33 heavy (non-hydrogen) atoms. The Hall–Kier alpha value is -4.04. The maximum absolute atomic E-state index is 5.57. The summed E-state index contributed by atoms with van der Waals surface area (Å²) >= 11 is 0. The molecule has 8 nitrogen and oxygen atoms in total. The standard InChI is InChI=1S/C25H23N7O/c1-18-5-4-6-19(15-18)20-8-10-31(28-20)23-17-25(30-11-13-33-14-12-30)32-24(27-23)16-22(29-32)21-7-2-3-9-26-21/h2-10,15-17H,11-14H2,1H3. The number of hydrogen-bond acceptors (Lipinski definition) is 6. The number of hydrogen-bond donors (Lipinski definition) is 0. The van der Waals surface area contributed by atoms with Crippen LogP contribution in [-0.2, 0) is 4.74 Å². The smallest absolute Gasteiger partial charge is 0.160 e. The molecule has 8 heteroatoms. The molecule has 1 fully saturated rings. The average molecular weight is 438 g/mol. The van der Waals surface area contributed by atoms with Crippen molar-refractivity contribution in [1.29, 1.82) is 0 Å². The first-order chi connectivity index (χ1) is 16.2. The highest BCUT2D eigenvalue weighted by Crippen LogP contribution is 2.25. The Morgan fingerprint density at radius 1 is 0.848 bits per heavy atom. The summed E-state index contributed by atoms with van der Waals surface area (Å²) in [6, 6.07) is 20.2. The molecule has 0 atom stereocenters. The van der Waals surface area contributed by atoms with Gasteiger partial charge in [0.25, 0.3) is 0 Å². The van der Waals surface area contributed by atoms with Crippen LogP contribution in [0.4, 0.5) is 5.82 Å². The van der Waals surface area contributed by atoms with Crippen molar-refractivity contribution in [2.45, 2.75) is 6.92 Å². The van der Waals surface area contributed by atoms with E-state index in [0.29, 0.717) is 13.2 Å². The number of anilines is 1. The highest BCUT2D eigenvalue weighted by molar-refractivity contribution is 5.65. The van der Waals surface area contributed by atoms with Gasteiger partial charge in [0.2, 0.25) is 0 Å². The second-order valence-corrected chi connectivity index (χ2v) is 8.10. The molecule has 164 valence electrons. The minimum absolute atomic E-state index is 0.687. The summed E-state index contributed by atoms with van der Waals surface area (Å²) < 4.78 is 9.29. The number of pyridine rings is 1. The third-order valence-corrected chi connectivity index (χ3v) is 5.79. The van der Waals surface area contributed by atoms with Crippen molar-refractivity contribution in [2.75, 3.05) is 31.2 Å². The lowest BCUT2D eigenvalue weighted by Crippen LogP contribution is -2.37. The molecule has 0 amide bonds. The van der Waals surface area contributed by atoms with Crippen molar-refractivity contribution in [2.24, 2.45) is 0 Å². The van der Waals surface area contributed by atoms with Gasteiger partial charge in [-0.25, -0.2) is 9.67 Å². The Bertz CT molecular complexity index is 1420. The molecule has 1 aliphatic rings. The molecular weight excluding hydrogens is 414 g/mol. The van der Waals surface area contributed by atoms with Crippen LogP contribution < -0.4 is 4.90 Å². The summed E-state index contributed by atoms with van der Waals surface area (Å²) in [7, 11) is 0. The van der Waals surface area contributed by atoms with Gasteiger partial charge in [-0.05, 0) is 31.2 Å². The summed E-state index contributed by atoms with van der Waals surface area (Å²) in [6.45, 7) is 5.05. The number of rotatable bonds is 4. The fourth-order valence-corrected chi connectivity index (χ4v) is 4.13. The SMILES string of the molecule is Cc1cccc(-c2ccn(-c3cc(N4CCOCC4)n4nc(-c5ccccn5)cc4n3)n2)c1. The van der Waals surface area contributed by atoms with Crippen LogP contribution in [0.3, 0.4) is 0 Å². The molecule has 0 radical (unpaired) electrons. The fourth-order valence-electron chi connectivity index (χ4n) is 4.13. The van der Waals surface area contributed by atoms with Gasteiger partial charge in [0, 0.05) is 43.2 Å². The van der Waals surface area contributed by atoms with Crippen LogP contribution in [0.1, 0.15) is 5.56 Å². The van der Waals surface area contributed by atoms with E-state index in [4.69, 9.17) is 19.9 Å². The normalized spacial score (nSPS) is 14.2. The molecule has 1 aromatic carbocycles. The van der Waals surface area contributed by atoms with Crippen LogP contribution in [-0.4, -0.2) is 55.7 Å². The molecule has 6 rings (SSSR count). The Balaban J connectivity index is 1.47. The van der Waals surface area contributed by atoms with Crippen LogP contribution in [0.5, 0.6) is 0 Å². The van der Waals surface area contributed by atoms with E-state index < -0.39 is 0 Å². The van der Waals surface area contributed by atoms with Crippen molar-refractivity contribution in [3.05, 3.63) is 78.6 Å². The van der Waals surface area contributed by atoms with Gasteiger partial charge in [-0.3, -0.25) is 4.98 Å². The predicted octanol–water partition coefficient (Wildman–Crippen LogP) is 3.79. The number of ether oxygens (including phenoxy) is 1. The van der Waals surface area contributed by atoms with Gasteiger partial charge in [-0.2, -0.15) is 14.7 Å². The monoisotopic (exact) mass is 437 g/mol. The zero-order chi connectivity index (χ0) is 22.2. The third kappa shape index (κ3) is 3.74. The van der Waals surface area contributed by atoms with Crippen LogP contribution in [0.25, 0.3) is 34.1 Å². The lowest BCUT2D eigenvalue weighted by Gasteiger charge is -2.29. The van der Waals surface area contributed by atoms with E-state index in [1.807, 2.05) is 51.8 Å². The van der Waals surface area contributed by atoms with Crippen molar-refractivity contribution in [3.8, 4) is 28.5 Å². The lowest BCUT2D eigenvalue weighted by atomic mass is 10.1. The minimum atomic E-state index is 0.687. The zero-order valence-electron chi connectivity index (χ0n) is 18.3.